The molecule has 0 spiro atoms. The number of benzene rings is 1. The minimum atomic E-state index is -0.186. The number of halogens is 1. The van der Waals surface area contributed by atoms with Crippen molar-refractivity contribution in [3.8, 4) is 5.75 Å². The van der Waals surface area contributed by atoms with Gasteiger partial charge < -0.3 is 19.5 Å². The van der Waals surface area contributed by atoms with Crippen LogP contribution in [0.2, 0.25) is 5.02 Å². The average Bonchev–Trinajstić information content (AvgIpc) is 3.11. The van der Waals surface area contributed by atoms with Gasteiger partial charge in [0.25, 0.3) is 5.71 Å². The highest BCUT2D eigenvalue weighted by molar-refractivity contribution is 6.31. The molecule has 8 nitrogen and oxygen atoms in total. The first kappa shape index (κ1) is 19.4. The Hall–Kier alpha value is -2.87. The Balaban J connectivity index is 1.55. The number of carbonyl (C=O) groups is 1. The van der Waals surface area contributed by atoms with E-state index in [0.29, 0.717) is 28.7 Å². The molecule has 0 radical (unpaired) electrons. The SMILES string of the molecule is COc1cc(Cl)c(C)cc1NC(=O)C1CCCN(c2ncnc3onc(C)c23)C1. The summed E-state index contributed by atoms with van der Waals surface area (Å²) in [6, 6.07) is 3.54. The van der Waals surface area contributed by atoms with Crippen molar-refractivity contribution in [2.24, 2.45) is 5.92 Å². The van der Waals surface area contributed by atoms with Crippen LogP contribution in [0.15, 0.2) is 23.0 Å². The fourth-order valence-electron chi connectivity index (χ4n) is 3.69. The molecule has 1 amide bonds. The molecular formula is C20H22ClN5O3. The molecule has 1 N–H and O–H groups in total. The predicted molar refractivity (Wildman–Crippen MR) is 111 cm³/mol. The van der Waals surface area contributed by atoms with Gasteiger partial charge in [0.15, 0.2) is 0 Å². The Bertz CT molecular complexity index is 1070. The molecule has 0 saturated carbocycles. The molecule has 29 heavy (non-hydrogen) atoms. The Morgan fingerprint density at radius 2 is 2.17 bits per heavy atom. The van der Waals surface area contributed by atoms with E-state index in [-0.39, 0.29) is 11.8 Å². The van der Waals surface area contributed by atoms with E-state index in [4.69, 9.17) is 20.9 Å². The van der Waals surface area contributed by atoms with Crippen molar-refractivity contribution in [3.05, 3.63) is 34.7 Å². The smallest absolute Gasteiger partial charge is 0.263 e. The van der Waals surface area contributed by atoms with E-state index < -0.39 is 0 Å². The van der Waals surface area contributed by atoms with Crippen LogP contribution in [-0.2, 0) is 4.79 Å². The minimum absolute atomic E-state index is 0.0536. The standard InChI is InChI=1S/C20H22ClN5O3/c1-11-7-15(16(28-3)8-14(11)21)24-19(27)13-5-4-6-26(9-13)18-17-12(2)25-29-20(17)23-10-22-18/h7-8,10,13H,4-6,9H2,1-3H3,(H,24,27). The van der Waals surface area contributed by atoms with Crippen molar-refractivity contribution in [3.63, 3.8) is 0 Å². The van der Waals surface area contributed by atoms with Crippen molar-refractivity contribution < 1.29 is 14.1 Å². The summed E-state index contributed by atoms with van der Waals surface area (Å²) >= 11 is 6.16. The number of carbonyl (C=O) groups excluding carboxylic acids is 1. The molecule has 0 aliphatic carbocycles. The second-order valence-corrected chi connectivity index (χ2v) is 7.63. The lowest BCUT2D eigenvalue weighted by Gasteiger charge is -2.33. The molecule has 4 rings (SSSR count). The third-order valence-electron chi connectivity index (χ3n) is 5.25. The quantitative estimate of drug-likeness (QED) is 0.693. The third-order valence-corrected chi connectivity index (χ3v) is 5.66. The van der Waals surface area contributed by atoms with E-state index in [2.05, 4.69) is 25.3 Å². The minimum Gasteiger partial charge on any atom is -0.495 e. The molecule has 0 bridgehead atoms. The third kappa shape index (κ3) is 3.72. The highest BCUT2D eigenvalue weighted by Gasteiger charge is 2.29. The number of aryl methyl sites for hydroxylation is 2. The van der Waals surface area contributed by atoms with Gasteiger partial charge in [-0.2, -0.15) is 4.98 Å². The zero-order valence-electron chi connectivity index (χ0n) is 16.5. The molecular weight excluding hydrogens is 394 g/mol. The maximum Gasteiger partial charge on any atom is 0.263 e. The van der Waals surface area contributed by atoms with Crippen LogP contribution in [0.4, 0.5) is 11.5 Å². The summed E-state index contributed by atoms with van der Waals surface area (Å²) in [5.74, 6) is 1.06. The van der Waals surface area contributed by atoms with Gasteiger partial charge in [-0.05, 0) is 38.3 Å². The predicted octanol–water partition coefficient (Wildman–Crippen LogP) is 3.75. The van der Waals surface area contributed by atoms with Crippen LogP contribution in [-0.4, -0.2) is 41.2 Å². The number of nitrogens with zero attached hydrogens (tertiary/aromatic N) is 4. The maximum atomic E-state index is 13.0. The van der Waals surface area contributed by atoms with E-state index in [1.807, 2.05) is 19.9 Å². The summed E-state index contributed by atoms with van der Waals surface area (Å²) in [6.45, 7) is 5.12. The molecule has 1 saturated heterocycles. The number of rotatable bonds is 4. The van der Waals surface area contributed by atoms with Gasteiger partial charge >= 0.3 is 0 Å². The topological polar surface area (TPSA) is 93.4 Å². The number of fused-ring (bicyclic) bond motifs is 1. The normalized spacial score (nSPS) is 16.8. The number of piperidine rings is 1. The number of ether oxygens (including phenoxy) is 1. The Labute approximate surface area is 173 Å². The van der Waals surface area contributed by atoms with E-state index in [1.165, 1.54) is 6.33 Å². The van der Waals surface area contributed by atoms with Gasteiger partial charge in [0, 0.05) is 24.2 Å². The molecule has 1 fully saturated rings. The second kappa shape index (κ2) is 7.87. The van der Waals surface area contributed by atoms with Crippen LogP contribution in [0.3, 0.4) is 0 Å². The van der Waals surface area contributed by atoms with E-state index in [0.717, 1.165) is 41.8 Å². The number of hydrogen-bond donors (Lipinski definition) is 1. The van der Waals surface area contributed by atoms with Crippen LogP contribution in [0, 0.1) is 19.8 Å². The van der Waals surface area contributed by atoms with Gasteiger partial charge in [0.1, 0.15) is 23.3 Å². The summed E-state index contributed by atoms with van der Waals surface area (Å²) < 4.78 is 10.6. The van der Waals surface area contributed by atoms with Gasteiger partial charge in [-0.3, -0.25) is 4.79 Å². The van der Waals surface area contributed by atoms with Crippen molar-refractivity contribution in [2.45, 2.75) is 26.7 Å². The van der Waals surface area contributed by atoms with Crippen LogP contribution in [0.1, 0.15) is 24.1 Å². The number of aromatic nitrogens is 3. The number of nitrogens with one attached hydrogen (secondary N) is 1. The molecule has 2 aromatic heterocycles. The van der Waals surface area contributed by atoms with E-state index in [9.17, 15) is 4.79 Å². The van der Waals surface area contributed by atoms with Crippen molar-refractivity contribution in [2.75, 3.05) is 30.4 Å². The lowest BCUT2D eigenvalue weighted by atomic mass is 9.96. The Morgan fingerprint density at radius 3 is 2.97 bits per heavy atom. The molecule has 3 heterocycles. The Morgan fingerprint density at radius 1 is 1.34 bits per heavy atom. The largest absolute Gasteiger partial charge is 0.495 e. The summed E-state index contributed by atoms with van der Waals surface area (Å²) in [5, 5.41) is 8.38. The summed E-state index contributed by atoms with van der Waals surface area (Å²) in [4.78, 5) is 23.7. The molecule has 1 unspecified atom stereocenters. The number of amides is 1. The second-order valence-electron chi connectivity index (χ2n) is 7.22. The zero-order valence-corrected chi connectivity index (χ0v) is 17.3. The fourth-order valence-corrected chi connectivity index (χ4v) is 3.85. The molecule has 1 aliphatic rings. The molecule has 152 valence electrons. The summed E-state index contributed by atoms with van der Waals surface area (Å²) in [5.41, 5.74) is 2.69. The lowest BCUT2D eigenvalue weighted by Crippen LogP contribution is -2.41. The number of anilines is 2. The van der Waals surface area contributed by atoms with Crippen LogP contribution in [0.5, 0.6) is 5.75 Å². The molecule has 1 aliphatic heterocycles. The van der Waals surface area contributed by atoms with Crippen LogP contribution < -0.4 is 15.0 Å². The first-order chi connectivity index (χ1) is 14.0. The van der Waals surface area contributed by atoms with E-state index in [1.54, 1.807) is 13.2 Å². The van der Waals surface area contributed by atoms with Gasteiger partial charge in [0.2, 0.25) is 5.91 Å². The van der Waals surface area contributed by atoms with Crippen LogP contribution >= 0.6 is 11.6 Å². The van der Waals surface area contributed by atoms with Gasteiger partial charge in [-0.25, -0.2) is 4.98 Å². The number of hydrogen-bond acceptors (Lipinski definition) is 7. The monoisotopic (exact) mass is 415 g/mol. The van der Waals surface area contributed by atoms with Crippen LogP contribution in [0.25, 0.3) is 11.1 Å². The average molecular weight is 416 g/mol. The van der Waals surface area contributed by atoms with Crippen molar-refractivity contribution >= 4 is 40.1 Å². The van der Waals surface area contributed by atoms with Crippen molar-refractivity contribution in [1.29, 1.82) is 0 Å². The van der Waals surface area contributed by atoms with Gasteiger partial charge in [-0.15, -0.1) is 0 Å². The van der Waals surface area contributed by atoms with E-state index >= 15 is 0 Å². The summed E-state index contributed by atoms with van der Waals surface area (Å²) in [7, 11) is 1.56. The molecule has 1 aromatic carbocycles. The fraction of sp³-hybridized carbons (Fsp3) is 0.400. The first-order valence-electron chi connectivity index (χ1n) is 9.45. The summed E-state index contributed by atoms with van der Waals surface area (Å²) in [6.07, 6.45) is 3.14. The molecule has 9 heteroatoms. The first-order valence-corrected chi connectivity index (χ1v) is 9.82. The zero-order chi connectivity index (χ0) is 20.5. The Kier molecular flexibility index (Phi) is 5.27. The van der Waals surface area contributed by atoms with Gasteiger partial charge in [0.05, 0.1) is 24.4 Å². The lowest BCUT2D eigenvalue weighted by molar-refractivity contribution is -0.120. The molecule has 1 atom stereocenters. The highest BCUT2D eigenvalue weighted by atomic mass is 35.5. The van der Waals surface area contributed by atoms with Crippen molar-refractivity contribution in [1.82, 2.24) is 15.1 Å². The molecule has 3 aromatic rings. The highest BCUT2D eigenvalue weighted by Crippen LogP contribution is 2.33. The number of methoxy groups -OCH3 is 1. The van der Waals surface area contributed by atoms with Gasteiger partial charge in [-0.1, -0.05) is 16.8 Å². The maximum absolute atomic E-state index is 13.0.